The van der Waals surface area contributed by atoms with Crippen molar-refractivity contribution in [3.63, 3.8) is 0 Å². The summed E-state index contributed by atoms with van der Waals surface area (Å²) >= 11 is 0. The number of allylic oxidation sites excluding steroid dienone is 3. The summed E-state index contributed by atoms with van der Waals surface area (Å²) in [6.45, 7) is 4.15. The monoisotopic (exact) mass is 256 g/mol. The summed E-state index contributed by atoms with van der Waals surface area (Å²) in [6.07, 6.45) is 10.1. The van der Waals surface area contributed by atoms with E-state index in [0.717, 1.165) is 12.1 Å². The molecule has 2 aliphatic carbocycles. The molecule has 1 heterocycles. The molecule has 1 saturated heterocycles. The van der Waals surface area contributed by atoms with Crippen LogP contribution < -0.4 is 11.1 Å². The maximum atomic E-state index is 6.02. The summed E-state index contributed by atoms with van der Waals surface area (Å²) in [5, 5.41) is 3.22. The van der Waals surface area contributed by atoms with E-state index >= 15 is 0 Å². The predicted octanol–water partition coefficient (Wildman–Crippen LogP) is 2.89. The Kier molecular flexibility index (Phi) is 3.67. The molecule has 3 rings (SSSR count). The molecule has 0 aromatic rings. The van der Waals surface area contributed by atoms with Crippen molar-refractivity contribution in [2.45, 2.75) is 57.2 Å². The minimum absolute atomic E-state index is 0.527. The Hall–Kier alpha value is -1.19. The van der Waals surface area contributed by atoms with Crippen LogP contribution in [0, 0.1) is 5.92 Å². The summed E-state index contributed by atoms with van der Waals surface area (Å²) in [6, 6.07) is 0. The average Bonchev–Trinajstić information content (AvgIpc) is 3.20. The number of aliphatic imine (C=N–C) groups is 1. The first-order valence-corrected chi connectivity index (χ1v) is 7.62. The van der Waals surface area contributed by atoms with Crippen molar-refractivity contribution in [1.29, 1.82) is 0 Å². The number of nitrogens with one attached hydrogen (secondary N) is 1. The fourth-order valence-electron chi connectivity index (χ4n) is 3.36. The number of rotatable bonds is 3. The van der Waals surface area contributed by atoms with Crippen LogP contribution in [0.25, 0.3) is 0 Å². The highest BCUT2D eigenvalue weighted by atomic mass is 15.1. The van der Waals surface area contributed by atoms with Crippen LogP contribution in [0.5, 0.6) is 0 Å². The number of nitrogens with two attached hydrogens (primary N) is 1. The lowest BCUT2D eigenvalue weighted by molar-refractivity contribution is 0.395. The van der Waals surface area contributed by atoms with Crippen LogP contribution in [0.4, 0.5) is 0 Å². The van der Waals surface area contributed by atoms with Gasteiger partial charge >= 0.3 is 0 Å². The summed E-state index contributed by atoms with van der Waals surface area (Å²) in [5.41, 5.74) is 9.70. The van der Waals surface area contributed by atoms with E-state index in [1.807, 2.05) is 0 Å². The minimum Gasteiger partial charge on any atom is -0.369 e. The third kappa shape index (κ3) is 3.04. The molecule has 19 heavy (non-hydrogen) atoms. The largest absolute Gasteiger partial charge is 0.369 e. The third-order valence-electron chi connectivity index (χ3n) is 4.58. The summed E-state index contributed by atoms with van der Waals surface area (Å²) in [4.78, 5) is 4.56. The van der Waals surface area contributed by atoms with Crippen LogP contribution >= 0.6 is 0 Å². The van der Waals surface area contributed by atoms with Gasteiger partial charge < -0.3 is 11.1 Å². The molecule has 4 heteroatoms. The normalized spacial score (nSPS) is 27.6. The highest BCUT2D eigenvalue weighted by Gasteiger charge is 2.36. The van der Waals surface area contributed by atoms with Crippen molar-refractivity contribution < 1.29 is 0 Å². The first-order chi connectivity index (χ1) is 9.24. The zero-order valence-corrected chi connectivity index (χ0v) is 11.6. The standard InChI is InChI=1S/C15H23BN3/c1-10(11-6-3-2-4-7-11)18-15(17)19-13-9-5-8-12-14(13)16-12/h11-12H,1-9H2,(H3,17,18,19). The van der Waals surface area contributed by atoms with E-state index in [4.69, 9.17) is 5.73 Å². The minimum atomic E-state index is 0.527. The van der Waals surface area contributed by atoms with Crippen LogP contribution in [-0.4, -0.2) is 13.2 Å². The molecule has 3 N–H and O–H groups in total. The van der Waals surface area contributed by atoms with Crippen molar-refractivity contribution in [2.75, 3.05) is 0 Å². The second kappa shape index (κ2) is 5.44. The first kappa shape index (κ1) is 12.8. The molecule has 1 unspecified atom stereocenters. The number of guanidine groups is 1. The summed E-state index contributed by atoms with van der Waals surface area (Å²) < 4.78 is 0. The van der Waals surface area contributed by atoms with Crippen LogP contribution in [0.3, 0.4) is 0 Å². The smallest absolute Gasteiger partial charge is 0.197 e. The molecule has 3 aliphatic rings. The molecule has 1 radical (unpaired) electrons. The molecule has 1 saturated carbocycles. The van der Waals surface area contributed by atoms with Crippen LogP contribution in [0.1, 0.15) is 51.4 Å². The van der Waals surface area contributed by atoms with Gasteiger partial charge in [-0.2, -0.15) is 0 Å². The molecule has 101 valence electrons. The number of hydrogen-bond donors (Lipinski definition) is 2. The Bertz CT molecular complexity index is 433. The molecule has 0 aromatic heterocycles. The molecule has 1 atom stereocenters. The summed E-state index contributed by atoms with van der Waals surface area (Å²) in [5.74, 6) is 1.81. The molecule has 0 bridgehead atoms. The number of fused-ring (bicyclic) bond motifs is 1. The Labute approximate surface area is 116 Å². The molecular weight excluding hydrogens is 233 g/mol. The van der Waals surface area contributed by atoms with Gasteiger partial charge in [-0.15, -0.1) is 0 Å². The van der Waals surface area contributed by atoms with Crippen molar-refractivity contribution in [3.8, 4) is 0 Å². The molecule has 2 fully saturated rings. The zero-order chi connectivity index (χ0) is 13.2. The van der Waals surface area contributed by atoms with Gasteiger partial charge in [0.2, 0.25) is 0 Å². The number of hydrogen-bond acceptors (Lipinski definition) is 1. The second-order valence-corrected chi connectivity index (χ2v) is 6.05. The van der Waals surface area contributed by atoms with Gasteiger partial charge in [0, 0.05) is 11.4 Å². The lowest BCUT2D eigenvalue weighted by atomic mass is 9.87. The fourth-order valence-corrected chi connectivity index (χ4v) is 3.36. The predicted molar refractivity (Wildman–Crippen MR) is 80.9 cm³/mol. The Morgan fingerprint density at radius 2 is 2.00 bits per heavy atom. The van der Waals surface area contributed by atoms with Gasteiger partial charge in [0.05, 0.1) is 0 Å². The SMILES string of the molecule is C=C(NC(N)=NC1=C2[B]C2CCC1)C1CCCCC1. The van der Waals surface area contributed by atoms with Crippen molar-refractivity contribution >= 4 is 13.2 Å². The van der Waals surface area contributed by atoms with Crippen molar-refractivity contribution in [3.05, 3.63) is 23.4 Å². The Balaban J connectivity index is 1.58. The zero-order valence-electron chi connectivity index (χ0n) is 11.6. The molecule has 0 aromatic carbocycles. The quantitative estimate of drug-likeness (QED) is 0.463. The number of nitrogens with zero attached hydrogens (tertiary/aromatic N) is 1. The van der Waals surface area contributed by atoms with Crippen molar-refractivity contribution in [2.24, 2.45) is 16.6 Å². The maximum absolute atomic E-state index is 6.02. The van der Waals surface area contributed by atoms with E-state index in [-0.39, 0.29) is 0 Å². The lowest BCUT2D eigenvalue weighted by Gasteiger charge is -2.24. The van der Waals surface area contributed by atoms with Crippen LogP contribution in [0.2, 0.25) is 5.82 Å². The molecule has 0 spiro atoms. The van der Waals surface area contributed by atoms with Gasteiger partial charge in [-0.25, -0.2) is 4.99 Å². The first-order valence-electron chi connectivity index (χ1n) is 7.62. The van der Waals surface area contributed by atoms with Gasteiger partial charge in [0.15, 0.2) is 13.2 Å². The van der Waals surface area contributed by atoms with Gasteiger partial charge in [0.1, 0.15) is 0 Å². The molecule has 3 nitrogen and oxygen atoms in total. The van der Waals surface area contributed by atoms with Crippen molar-refractivity contribution in [1.82, 2.24) is 5.32 Å². The van der Waals surface area contributed by atoms with Crippen LogP contribution in [0.15, 0.2) is 28.4 Å². The average molecular weight is 256 g/mol. The second-order valence-electron chi connectivity index (χ2n) is 6.05. The molecular formula is C15H23BN3. The Morgan fingerprint density at radius 1 is 1.21 bits per heavy atom. The molecule has 0 amide bonds. The van der Waals surface area contributed by atoms with Gasteiger partial charge in [-0.1, -0.05) is 37.7 Å². The topological polar surface area (TPSA) is 50.4 Å². The highest BCUT2D eigenvalue weighted by molar-refractivity contribution is 6.64. The van der Waals surface area contributed by atoms with E-state index in [9.17, 15) is 0 Å². The van der Waals surface area contributed by atoms with E-state index in [2.05, 4.69) is 24.2 Å². The fraction of sp³-hybridized carbons (Fsp3) is 0.667. The lowest BCUT2D eigenvalue weighted by Crippen LogP contribution is -2.33. The summed E-state index contributed by atoms with van der Waals surface area (Å²) in [7, 11) is 2.31. The van der Waals surface area contributed by atoms with Gasteiger partial charge in [-0.05, 0) is 37.4 Å². The van der Waals surface area contributed by atoms with Crippen LogP contribution in [-0.2, 0) is 0 Å². The maximum Gasteiger partial charge on any atom is 0.197 e. The van der Waals surface area contributed by atoms with Gasteiger partial charge in [0.25, 0.3) is 0 Å². The Morgan fingerprint density at radius 3 is 2.79 bits per heavy atom. The molecule has 1 aliphatic heterocycles. The highest BCUT2D eigenvalue weighted by Crippen LogP contribution is 2.46. The third-order valence-corrected chi connectivity index (χ3v) is 4.58. The van der Waals surface area contributed by atoms with E-state index in [1.54, 1.807) is 0 Å². The van der Waals surface area contributed by atoms with E-state index < -0.39 is 0 Å². The van der Waals surface area contributed by atoms with E-state index in [1.165, 1.54) is 56.1 Å². The van der Waals surface area contributed by atoms with E-state index in [0.29, 0.717) is 17.7 Å². The van der Waals surface area contributed by atoms with Gasteiger partial charge in [-0.3, -0.25) is 0 Å².